The van der Waals surface area contributed by atoms with Gasteiger partial charge in [-0.1, -0.05) is 0 Å². The Kier molecular flexibility index (Phi) is 5.79. The monoisotopic (exact) mass is 300 g/mol. The van der Waals surface area contributed by atoms with Crippen LogP contribution < -0.4 is 16.2 Å². The Balaban J connectivity index is 2.54. The van der Waals surface area contributed by atoms with Crippen LogP contribution in [-0.4, -0.2) is 39.5 Å². The van der Waals surface area contributed by atoms with Gasteiger partial charge >= 0.3 is 0 Å². The predicted octanol–water partition coefficient (Wildman–Crippen LogP) is 1.06. The number of sulfonamides is 1. The van der Waals surface area contributed by atoms with Gasteiger partial charge in [0, 0.05) is 12.6 Å². The van der Waals surface area contributed by atoms with Gasteiger partial charge in [0.05, 0.1) is 16.3 Å². The average Bonchev–Trinajstić information content (AvgIpc) is 2.34. The number of hydrogen-bond donors (Lipinski definition) is 3. The zero-order valence-electron chi connectivity index (χ0n) is 12.3. The normalized spacial score (nSPS) is 12.1. The topological polar surface area (TPSA) is 101 Å². The first-order valence-electron chi connectivity index (χ1n) is 6.58. The van der Waals surface area contributed by atoms with Gasteiger partial charge in [0.15, 0.2) is 0 Å². The lowest BCUT2D eigenvalue weighted by molar-refractivity contribution is 0.273. The van der Waals surface area contributed by atoms with E-state index < -0.39 is 10.0 Å². The summed E-state index contributed by atoms with van der Waals surface area (Å²) in [5, 5.41) is 8.25. The van der Waals surface area contributed by atoms with E-state index in [4.69, 9.17) is 10.9 Å². The Morgan fingerprint density at radius 2 is 2.00 bits per heavy atom. The van der Waals surface area contributed by atoms with Gasteiger partial charge in [-0.05, 0) is 52.1 Å². The van der Waals surface area contributed by atoms with Crippen molar-refractivity contribution in [2.45, 2.75) is 31.2 Å². The van der Waals surface area contributed by atoms with E-state index >= 15 is 0 Å². The van der Waals surface area contributed by atoms with Crippen LogP contribution in [0.2, 0.25) is 0 Å². The number of nitrogen functional groups attached to an aromatic ring is 1. The van der Waals surface area contributed by atoms with E-state index in [2.05, 4.69) is 31.1 Å². The molecule has 1 aromatic rings. The molecule has 0 bridgehead atoms. The van der Waals surface area contributed by atoms with Crippen LogP contribution in [0.3, 0.4) is 0 Å². The van der Waals surface area contributed by atoms with Gasteiger partial charge in [-0.3, -0.25) is 0 Å². The fraction of sp³-hybridized carbons (Fsp3) is 0.538. The summed E-state index contributed by atoms with van der Waals surface area (Å²) in [4.78, 5) is 2.29. The second-order valence-corrected chi connectivity index (χ2v) is 6.71. The largest absolute Gasteiger partial charge is 0.397 e. The van der Waals surface area contributed by atoms with Crippen LogP contribution in [0.5, 0.6) is 0 Å². The lowest BCUT2D eigenvalue weighted by Gasteiger charge is -2.21. The maximum absolute atomic E-state index is 11.2. The molecule has 0 radical (unpaired) electrons. The van der Waals surface area contributed by atoms with Crippen molar-refractivity contribution in [2.24, 2.45) is 5.14 Å². The van der Waals surface area contributed by atoms with Crippen LogP contribution in [0.25, 0.3) is 0 Å². The molecule has 1 rings (SSSR count). The summed E-state index contributed by atoms with van der Waals surface area (Å²) in [5.74, 6) is 0. The maximum Gasteiger partial charge on any atom is 0.238 e. The highest BCUT2D eigenvalue weighted by atomic mass is 32.2. The maximum atomic E-state index is 11.2. The Morgan fingerprint density at radius 1 is 1.35 bits per heavy atom. The molecule has 5 N–H and O–H groups in total. The van der Waals surface area contributed by atoms with E-state index in [1.165, 1.54) is 12.1 Å². The minimum atomic E-state index is -3.70. The third-order valence-electron chi connectivity index (χ3n) is 3.24. The molecule has 0 aliphatic rings. The number of anilines is 2. The molecule has 0 aliphatic carbocycles. The molecule has 6 nitrogen and oxygen atoms in total. The highest BCUT2D eigenvalue weighted by molar-refractivity contribution is 7.89. The summed E-state index contributed by atoms with van der Waals surface area (Å²) in [7, 11) is -1.62. The van der Waals surface area contributed by atoms with Crippen molar-refractivity contribution in [3.63, 3.8) is 0 Å². The van der Waals surface area contributed by atoms with Gasteiger partial charge in [-0.25, -0.2) is 13.6 Å². The van der Waals surface area contributed by atoms with Gasteiger partial charge in [0.25, 0.3) is 0 Å². The van der Waals surface area contributed by atoms with E-state index in [0.29, 0.717) is 11.7 Å². The second kappa shape index (κ2) is 6.92. The van der Waals surface area contributed by atoms with E-state index in [1.54, 1.807) is 6.07 Å². The molecule has 0 aliphatic heterocycles. The number of benzene rings is 1. The highest BCUT2D eigenvalue weighted by Crippen LogP contribution is 2.21. The Bertz CT molecular complexity index is 543. The molecule has 0 saturated heterocycles. The van der Waals surface area contributed by atoms with Gasteiger partial charge in [0.1, 0.15) is 0 Å². The predicted molar refractivity (Wildman–Crippen MR) is 83.1 cm³/mol. The summed E-state index contributed by atoms with van der Waals surface area (Å²) in [5.41, 5.74) is 6.92. The lowest BCUT2D eigenvalue weighted by Crippen LogP contribution is -2.28. The zero-order chi connectivity index (χ0) is 15.3. The van der Waals surface area contributed by atoms with Crippen LogP contribution in [0, 0.1) is 0 Å². The smallest absolute Gasteiger partial charge is 0.238 e. The SMILES string of the molecule is CC(C)N(C)CCCNc1ccc(S(N)(=O)=O)cc1N. The number of hydrogen-bond acceptors (Lipinski definition) is 5. The summed E-state index contributed by atoms with van der Waals surface area (Å²) < 4.78 is 22.4. The van der Waals surface area contributed by atoms with Crippen LogP contribution >= 0.6 is 0 Å². The second-order valence-electron chi connectivity index (χ2n) is 5.15. The van der Waals surface area contributed by atoms with Crippen molar-refractivity contribution >= 4 is 21.4 Å². The van der Waals surface area contributed by atoms with Crippen molar-refractivity contribution in [1.82, 2.24) is 4.90 Å². The quantitative estimate of drug-likeness (QED) is 0.516. The molecule has 0 unspecified atom stereocenters. The van der Waals surface area contributed by atoms with Gasteiger partial charge in [0.2, 0.25) is 10.0 Å². The third-order valence-corrected chi connectivity index (χ3v) is 4.15. The van der Waals surface area contributed by atoms with Crippen molar-refractivity contribution in [2.75, 3.05) is 31.2 Å². The molecule has 0 spiro atoms. The van der Waals surface area contributed by atoms with Crippen molar-refractivity contribution < 1.29 is 8.42 Å². The molecule has 0 atom stereocenters. The van der Waals surface area contributed by atoms with Crippen molar-refractivity contribution in [1.29, 1.82) is 0 Å². The van der Waals surface area contributed by atoms with E-state index in [1.807, 2.05) is 0 Å². The van der Waals surface area contributed by atoms with Crippen LogP contribution in [0.4, 0.5) is 11.4 Å². The standard InChI is InChI=1S/C13H24N4O2S/c1-10(2)17(3)8-4-7-16-13-6-5-11(9-12(13)14)20(15,18)19/h5-6,9-10,16H,4,7-8,14H2,1-3H3,(H2,15,18,19). The molecule has 1 aromatic carbocycles. The number of nitrogens with one attached hydrogen (secondary N) is 1. The molecule has 0 fully saturated rings. The molecular formula is C13H24N4O2S. The van der Waals surface area contributed by atoms with Crippen LogP contribution in [-0.2, 0) is 10.0 Å². The van der Waals surface area contributed by atoms with Crippen LogP contribution in [0.1, 0.15) is 20.3 Å². The van der Waals surface area contributed by atoms with Crippen molar-refractivity contribution in [3.8, 4) is 0 Å². The Labute approximate surface area is 121 Å². The van der Waals surface area contributed by atoms with E-state index in [9.17, 15) is 8.42 Å². The fourth-order valence-corrected chi connectivity index (χ4v) is 2.24. The first kappa shape index (κ1) is 16.7. The van der Waals surface area contributed by atoms with Gasteiger partial charge in [-0.15, -0.1) is 0 Å². The summed E-state index contributed by atoms with van der Waals surface area (Å²) in [6.07, 6.45) is 0.977. The molecule has 114 valence electrons. The molecular weight excluding hydrogens is 276 g/mol. The molecule has 0 aromatic heterocycles. The van der Waals surface area contributed by atoms with Gasteiger partial charge < -0.3 is 16.0 Å². The molecule has 0 heterocycles. The first-order chi connectivity index (χ1) is 9.21. The summed E-state index contributed by atoms with van der Waals surface area (Å²) in [6.45, 7) is 6.06. The van der Waals surface area contributed by atoms with Gasteiger partial charge in [-0.2, -0.15) is 0 Å². The number of primary sulfonamides is 1. The molecule has 7 heteroatoms. The van der Waals surface area contributed by atoms with Crippen LogP contribution in [0.15, 0.2) is 23.1 Å². The van der Waals surface area contributed by atoms with E-state index in [0.717, 1.165) is 25.2 Å². The van der Waals surface area contributed by atoms with Crippen molar-refractivity contribution in [3.05, 3.63) is 18.2 Å². The summed E-state index contributed by atoms with van der Waals surface area (Å²) in [6, 6.07) is 4.99. The fourth-order valence-electron chi connectivity index (χ4n) is 1.69. The minimum Gasteiger partial charge on any atom is -0.397 e. The summed E-state index contributed by atoms with van der Waals surface area (Å²) >= 11 is 0. The zero-order valence-corrected chi connectivity index (χ0v) is 13.1. The highest BCUT2D eigenvalue weighted by Gasteiger charge is 2.09. The molecule has 0 amide bonds. The number of nitrogens with zero attached hydrogens (tertiary/aromatic N) is 1. The lowest BCUT2D eigenvalue weighted by atomic mass is 10.2. The minimum absolute atomic E-state index is 0.0279. The Morgan fingerprint density at radius 3 is 2.50 bits per heavy atom. The first-order valence-corrected chi connectivity index (χ1v) is 8.13. The average molecular weight is 300 g/mol. The number of nitrogens with two attached hydrogens (primary N) is 2. The Hall–Kier alpha value is -1.31. The molecule has 20 heavy (non-hydrogen) atoms. The number of rotatable bonds is 7. The molecule has 0 saturated carbocycles. The third kappa shape index (κ3) is 4.99. The van der Waals surface area contributed by atoms with E-state index in [-0.39, 0.29) is 4.90 Å².